The zero-order chi connectivity index (χ0) is 11.6. The van der Waals surface area contributed by atoms with Crippen molar-refractivity contribution in [3.8, 4) is 0 Å². The molecule has 1 aliphatic rings. The maximum Gasteiger partial charge on any atom is 0.219 e. The van der Waals surface area contributed by atoms with Crippen LogP contribution in [0.5, 0.6) is 0 Å². The molecule has 1 saturated heterocycles. The van der Waals surface area contributed by atoms with Gasteiger partial charge in [-0.2, -0.15) is 0 Å². The lowest BCUT2D eigenvalue weighted by Gasteiger charge is -2.14. The fourth-order valence-corrected chi connectivity index (χ4v) is 2.05. The van der Waals surface area contributed by atoms with Gasteiger partial charge in [-0.25, -0.2) is 0 Å². The van der Waals surface area contributed by atoms with Crippen molar-refractivity contribution in [3.05, 3.63) is 0 Å². The molecule has 4 nitrogen and oxygen atoms in total. The van der Waals surface area contributed by atoms with Gasteiger partial charge >= 0.3 is 0 Å². The summed E-state index contributed by atoms with van der Waals surface area (Å²) in [6, 6.07) is 0. The second-order valence-corrected chi connectivity index (χ2v) is 4.50. The number of nitrogens with two attached hydrogens (primary N) is 1. The Kier molecular flexibility index (Phi) is 7.17. The molecule has 1 rings (SSSR count). The molecule has 0 aromatic heterocycles. The summed E-state index contributed by atoms with van der Waals surface area (Å²) in [7, 11) is 0. The van der Waals surface area contributed by atoms with Crippen LogP contribution in [0.4, 0.5) is 0 Å². The van der Waals surface area contributed by atoms with Crippen molar-refractivity contribution in [2.45, 2.75) is 38.5 Å². The summed E-state index contributed by atoms with van der Waals surface area (Å²) < 4.78 is 0. The van der Waals surface area contributed by atoms with Crippen molar-refractivity contribution in [2.24, 2.45) is 5.73 Å². The molecular formula is C12H25N3O. The van der Waals surface area contributed by atoms with Gasteiger partial charge in [0.15, 0.2) is 0 Å². The summed E-state index contributed by atoms with van der Waals surface area (Å²) in [4.78, 5) is 13.8. The molecule has 0 radical (unpaired) electrons. The third kappa shape index (κ3) is 6.08. The number of carbonyl (C=O) groups excluding carboxylic acids is 1. The number of carbonyl (C=O) groups is 1. The van der Waals surface area contributed by atoms with Crippen LogP contribution in [-0.4, -0.2) is 43.5 Å². The molecule has 4 heteroatoms. The predicted molar refractivity (Wildman–Crippen MR) is 66.2 cm³/mol. The van der Waals surface area contributed by atoms with Gasteiger partial charge in [-0.1, -0.05) is 0 Å². The Hall–Kier alpha value is -0.610. The predicted octanol–water partition coefficient (Wildman–Crippen LogP) is 0.718. The van der Waals surface area contributed by atoms with Crippen LogP contribution in [0.3, 0.4) is 0 Å². The van der Waals surface area contributed by atoms with Crippen LogP contribution in [0, 0.1) is 0 Å². The Morgan fingerprint density at radius 2 is 1.94 bits per heavy atom. The van der Waals surface area contributed by atoms with Crippen LogP contribution in [0.15, 0.2) is 0 Å². The van der Waals surface area contributed by atoms with Gasteiger partial charge in [0.1, 0.15) is 0 Å². The van der Waals surface area contributed by atoms with Crippen molar-refractivity contribution in [3.63, 3.8) is 0 Å². The van der Waals surface area contributed by atoms with Crippen molar-refractivity contribution in [1.29, 1.82) is 0 Å². The molecule has 0 bridgehead atoms. The first-order chi connectivity index (χ1) is 7.83. The Balaban J connectivity index is 1.87. The number of rotatable bonds is 8. The summed E-state index contributed by atoms with van der Waals surface area (Å²) in [5.41, 5.74) is 5.37. The van der Waals surface area contributed by atoms with Crippen molar-refractivity contribution in [1.82, 2.24) is 10.2 Å². The molecule has 0 spiro atoms. The molecular weight excluding hydrogens is 202 g/mol. The highest BCUT2D eigenvalue weighted by molar-refractivity contribution is 5.75. The van der Waals surface area contributed by atoms with E-state index in [0.29, 0.717) is 13.0 Å². The zero-order valence-corrected chi connectivity index (χ0v) is 10.2. The van der Waals surface area contributed by atoms with Gasteiger partial charge in [0.2, 0.25) is 5.91 Å². The average Bonchev–Trinajstić information content (AvgIpc) is 2.78. The standard InChI is InChI=1S/C12H25N3O/c13-7-2-1-6-12(16)14-8-5-11-15-9-3-4-10-15/h1-11,13H2,(H,14,16). The third-order valence-corrected chi connectivity index (χ3v) is 3.03. The van der Waals surface area contributed by atoms with E-state index < -0.39 is 0 Å². The van der Waals surface area contributed by atoms with Crippen LogP contribution < -0.4 is 11.1 Å². The lowest BCUT2D eigenvalue weighted by molar-refractivity contribution is -0.121. The van der Waals surface area contributed by atoms with Crippen molar-refractivity contribution >= 4 is 5.91 Å². The van der Waals surface area contributed by atoms with Gasteiger partial charge in [0.05, 0.1) is 0 Å². The summed E-state index contributed by atoms with van der Waals surface area (Å²) in [6.07, 6.45) is 6.23. The van der Waals surface area contributed by atoms with Gasteiger partial charge in [-0.3, -0.25) is 4.79 Å². The first-order valence-corrected chi connectivity index (χ1v) is 6.52. The zero-order valence-electron chi connectivity index (χ0n) is 10.2. The normalized spacial score (nSPS) is 16.6. The molecule has 0 atom stereocenters. The fraction of sp³-hybridized carbons (Fsp3) is 0.917. The SMILES string of the molecule is NCCCCC(=O)NCCCN1CCCC1. The molecule has 0 aromatic rings. The first kappa shape index (κ1) is 13.5. The van der Waals surface area contributed by atoms with Gasteiger partial charge in [0, 0.05) is 13.0 Å². The van der Waals surface area contributed by atoms with Crippen LogP contribution in [0.1, 0.15) is 38.5 Å². The Bertz CT molecular complexity index is 191. The monoisotopic (exact) mass is 227 g/mol. The van der Waals surface area contributed by atoms with Gasteiger partial charge in [0.25, 0.3) is 0 Å². The smallest absolute Gasteiger partial charge is 0.219 e. The molecule has 1 amide bonds. The number of hydrogen-bond acceptors (Lipinski definition) is 3. The minimum absolute atomic E-state index is 0.176. The van der Waals surface area contributed by atoms with Crippen LogP contribution in [0.25, 0.3) is 0 Å². The van der Waals surface area contributed by atoms with E-state index in [1.807, 2.05) is 0 Å². The second-order valence-electron chi connectivity index (χ2n) is 4.50. The molecule has 1 fully saturated rings. The molecule has 94 valence electrons. The lowest BCUT2D eigenvalue weighted by atomic mass is 10.2. The number of nitrogens with one attached hydrogen (secondary N) is 1. The summed E-state index contributed by atoms with van der Waals surface area (Å²) in [5.74, 6) is 0.176. The van der Waals surface area contributed by atoms with Crippen LogP contribution in [0.2, 0.25) is 0 Å². The topological polar surface area (TPSA) is 58.4 Å². The largest absolute Gasteiger partial charge is 0.356 e. The molecule has 16 heavy (non-hydrogen) atoms. The van der Waals surface area contributed by atoms with E-state index in [4.69, 9.17) is 5.73 Å². The van der Waals surface area contributed by atoms with Crippen LogP contribution in [-0.2, 0) is 4.79 Å². The van der Waals surface area contributed by atoms with E-state index in [1.165, 1.54) is 25.9 Å². The van der Waals surface area contributed by atoms with Gasteiger partial charge in [-0.05, 0) is 58.3 Å². The quantitative estimate of drug-likeness (QED) is 0.601. The first-order valence-electron chi connectivity index (χ1n) is 6.52. The Morgan fingerprint density at radius 3 is 2.62 bits per heavy atom. The Morgan fingerprint density at radius 1 is 1.19 bits per heavy atom. The van der Waals surface area contributed by atoms with Crippen LogP contribution >= 0.6 is 0 Å². The molecule has 1 heterocycles. The van der Waals surface area contributed by atoms with E-state index in [0.717, 1.165) is 32.4 Å². The van der Waals surface area contributed by atoms with E-state index in [2.05, 4.69) is 10.2 Å². The molecule has 0 saturated carbocycles. The number of unbranched alkanes of at least 4 members (excludes halogenated alkanes) is 1. The Labute approximate surface area is 98.6 Å². The highest BCUT2D eigenvalue weighted by atomic mass is 16.1. The van der Waals surface area contributed by atoms with Crippen molar-refractivity contribution < 1.29 is 4.79 Å². The highest BCUT2D eigenvalue weighted by Crippen LogP contribution is 2.06. The maximum atomic E-state index is 11.3. The van der Waals surface area contributed by atoms with E-state index in [9.17, 15) is 4.79 Å². The van der Waals surface area contributed by atoms with Gasteiger partial charge < -0.3 is 16.0 Å². The summed E-state index contributed by atoms with van der Waals surface area (Å²) in [5, 5.41) is 2.96. The maximum absolute atomic E-state index is 11.3. The second kappa shape index (κ2) is 8.53. The third-order valence-electron chi connectivity index (χ3n) is 3.03. The summed E-state index contributed by atoms with van der Waals surface area (Å²) in [6.45, 7) is 5.11. The highest BCUT2D eigenvalue weighted by Gasteiger charge is 2.10. The summed E-state index contributed by atoms with van der Waals surface area (Å²) >= 11 is 0. The lowest BCUT2D eigenvalue weighted by Crippen LogP contribution is -2.28. The average molecular weight is 227 g/mol. The number of amides is 1. The van der Waals surface area contributed by atoms with E-state index >= 15 is 0 Å². The number of hydrogen-bond donors (Lipinski definition) is 2. The fourth-order valence-electron chi connectivity index (χ4n) is 2.05. The minimum atomic E-state index is 0.176. The molecule has 1 aliphatic heterocycles. The molecule has 0 aliphatic carbocycles. The van der Waals surface area contributed by atoms with E-state index in [-0.39, 0.29) is 5.91 Å². The molecule has 0 aromatic carbocycles. The van der Waals surface area contributed by atoms with Crippen molar-refractivity contribution in [2.75, 3.05) is 32.7 Å². The van der Waals surface area contributed by atoms with E-state index in [1.54, 1.807) is 0 Å². The molecule has 3 N–H and O–H groups in total. The minimum Gasteiger partial charge on any atom is -0.356 e. The van der Waals surface area contributed by atoms with Gasteiger partial charge in [-0.15, -0.1) is 0 Å². The number of nitrogens with zero attached hydrogens (tertiary/aromatic N) is 1. The number of likely N-dealkylation sites (tertiary alicyclic amines) is 1. The molecule has 0 unspecified atom stereocenters.